The standard InChI is InChI=1S/C24H44GeN2Si4Te.C24H46GeN2Si4.C12H23NSi2.C4H10O.C4H9.CH4.Cl2GeH2.Li.H2Te/c1-28(2,3)23(29(4,5)6,21-17-13-15-19-26-21)25(32)24(30(7,8)9,31(10,11)12)22-18-14-16-20-27-22;1-28(2,3)23(29(4,5)6,21-17-13-15-19-26-21)25-24(30(7,8)9,31(10,11)12)22-18-14-16-20-27-22;1-14(2,3)12(15(4,5)6)11-9-7-8-10-13-11;1-3-5-4-2;1-3-4-2;;1-3-2;;/h13-20H,1-12H3;13-20H,25H2,1-12H3;7-10,12H,1-6H3;3-4H2,1-2H3;1,3-4H2,2H3;1H4;3H2;;1H2/q;;;;-1;;;+1;. The Morgan fingerprint density at radius 1 is 0.430 bits per heavy atom. The van der Waals surface area contributed by atoms with Gasteiger partial charge in [-0.25, -0.2) is 0 Å². The van der Waals surface area contributed by atoms with Crippen LogP contribution >= 0.6 is 20.0 Å². The molecule has 0 aliphatic carbocycles. The van der Waals surface area contributed by atoms with E-state index in [0.29, 0.717) is 14.0 Å². The van der Waals surface area contributed by atoms with Gasteiger partial charge in [-0.2, -0.15) is 6.42 Å². The van der Waals surface area contributed by atoms with Gasteiger partial charge in [0.15, 0.2) is 0 Å². The average molecular weight is 1890 g/mol. The van der Waals surface area contributed by atoms with Gasteiger partial charge in [0.05, 0.1) is 16.1 Å². The summed E-state index contributed by atoms with van der Waals surface area (Å²) in [5.74, 6) is 0. The van der Waals surface area contributed by atoms with Crippen molar-refractivity contribution in [2.45, 2.75) is 257 Å². The van der Waals surface area contributed by atoms with E-state index in [-0.39, 0.29) is 50.0 Å². The zero-order valence-corrected chi connectivity index (χ0v) is 90.1. The van der Waals surface area contributed by atoms with Crippen LogP contribution in [0.5, 0.6) is 0 Å². The van der Waals surface area contributed by atoms with Crippen LogP contribution in [0.25, 0.3) is 0 Å². The minimum atomic E-state index is -1.93. The van der Waals surface area contributed by atoms with E-state index in [0.717, 1.165) is 24.8 Å². The van der Waals surface area contributed by atoms with Gasteiger partial charge in [-0.15, -0.1) is 0 Å². The third-order valence-electron chi connectivity index (χ3n) is 18.6. The Hall–Kier alpha value is 2.26. The van der Waals surface area contributed by atoms with Gasteiger partial charge < -0.3 is 11.7 Å². The van der Waals surface area contributed by atoms with E-state index >= 15 is 0 Å². The van der Waals surface area contributed by atoms with Crippen LogP contribution in [-0.4, -0.2) is 201 Å². The summed E-state index contributed by atoms with van der Waals surface area (Å²) in [4.78, 5) is 25.3. The van der Waals surface area contributed by atoms with Crippen molar-refractivity contribution in [3.63, 3.8) is 0 Å². The van der Waals surface area contributed by atoms with Crippen molar-refractivity contribution in [3.8, 4) is 0 Å². The molecular weight excluding hydrogens is 1750 g/mol. The van der Waals surface area contributed by atoms with Crippen LogP contribution in [0.15, 0.2) is 122 Å². The summed E-state index contributed by atoms with van der Waals surface area (Å²) < 4.78 is 6.13. The van der Waals surface area contributed by atoms with Crippen LogP contribution in [0.4, 0.5) is 0 Å². The Morgan fingerprint density at radius 2 is 0.656 bits per heavy atom. The molecule has 0 bridgehead atoms. The quantitative estimate of drug-likeness (QED) is 0.0508. The fourth-order valence-electron chi connectivity index (χ4n) is 16.4. The molecule has 93 heavy (non-hydrogen) atoms. The first-order chi connectivity index (χ1) is 40.8. The van der Waals surface area contributed by atoms with Crippen molar-refractivity contribution < 1.29 is 23.6 Å². The topological polar surface area (TPSA) is 73.7 Å². The summed E-state index contributed by atoms with van der Waals surface area (Å²) in [7, 11) is -7.55. The van der Waals surface area contributed by atoms with Gasteiger partial charge in [0.25, 0.3) is 0 Å². The molecule has 0 aromatic carbocycles. The minimum absolute atomic E-state index is 0. The number of hydrogen-bond donors (Lipinski definition) is 0. The van der Waals surface area contributed by atoms with Crippen molar-refractivity contribution in [1.82, 2.24) is 24.9 Å². The van der Waals surface area contributed by atoms with Gasteiger partial charge in [-0.3, -0.25) is 4.98 Å². The molecule has 526 valence electrons. The third kappa shape index (κ3) is 26.1. The van der Waals surface area contributed by atoms with Crippen molar-refractivity contribution in [2.75, 3.05) is 13.2 Å². The van der Waals surface area contributed by atoms with E-state index in [1.165, 1.54) is 34.9 Å². The molecular formula is C69H140Cl2Ge3LiN5OSi10Te2. The molecule has 5 aromatic rings. The Morgan fingerprint density at radius 3 is 0.806 bits per heavy atom. The summed E-state index contributed by atoms with van der Waals surface area (Å²) >= 11 is 0.428. The number of hydrogen-bond acceptors (Lipinski definition) is 6. The fraction of sp³-hybridized carbons (Fsp3) is 0.623. The van der Waals surface area contributed by atoms with Crippen molar-refractivity contribution >= 4 is 183 Å². The normalized spacial score (nSPS) is 12.9. The average Bonchev–Trinajstić information content (AvgIpc) is 0.695. The Kier molecular flexibility index (Phi) is 46.2. The first-order valence-corrected chi connectivity index (χ1v) is 88.3. The fourth-order valence-corrected chi connectivity index (χ4v) is 187. The van der Waals surface area contributed by atoms with E-state index in [4.69, 9.17) is 44.7 Å². The second-order valence-corrected chi connectivity index (χ2v) is 121. The maximum absolute atomic E-state index is 5.20. The molecule has 0 atom stereocenters. The Balaban J connectivity index is -0.000000601. The van der Waals surface area contributed by atoms with Crippen LogP contribution in [0.1, 0.15) is 74.7 Å². The number of pyridine rings is 5. The zero-order chi connectivity index (χ0) is 70.7. The van der Waals surface area contributed by atoms with Gasteiger partial charge >= 0.3 is 497 Å². The molecule has 0 saturated carbocycles. The summed E-state index contributed by atoms with van der Waals surface area (Å²) in [6.45, 7) is 89.6. The summed E-state index contributed by atoms with van der Waals surface area (Å²) in [5.41, 5.74) is 7.05. The summed E-state index contributed by atoms with van der Waals surface area (Å²) in [6.07, 6.45) is 12.4. The van der Waals surface area contributed by atoms with Crippen LogP contribution in [0.2, 0.25) is 196 Å². The number of rotatable bonds is 22. The van der Waals surface area contributed by atoms with Crippen molar-refractivity contribution in [3.05, 3.63) is 157 Å². The number of halogens is 2. The molecule has 0 amide bonds. The van der Waals surface area contributed by atoms with E-state index in [9.17, 15) is 0 Å². The van der Waals surface area contributed by atoms with E-state index < -0.39 is 120 Å². The van der Waals surface area contributed by atoms with E-state index in [1.807, 2.05) is 26.1 Å². The van der Waals surface area contributed by atoms with Gasteiger partial charge in [-0.1, -0.05) is 66.1 Å². The number of nitrogens with zero attached hydrogens (tertiary/aromatic N) is 5. The van der Waals surface area contributed by atoms with Crippen LogP contribution in [0.3, 0.4) is 0 Å². The van der Waals surface area contributed by atoms with Gasteiger partial charge in [0, 0.05) is 25.1 Å². The third-order valence-corrected chi connectivity index (χ3v) is 150. The molecule has 0 radical (unpaired) electrons. The Labute approximate surface area is 650 Å². The monoisotopic (exact) mass is 1890 g/mol. The molecule has 0 fully saturated rings. The molecule has 5 heterocycles. The van der Waals surface area contributed by atoms with Gasteiger partial charge in [0.1, 0.15) is 0 Å². The maximum atomic E-state index is 5.20. The Bertz CT molecular complexity index is 2600. The second-order valence-electron chi connectivity index (χ2n) is 34.8. The first kappa shape index (κ1) is 102. The SMILES string of the molecule is C.CCOCC.C[Si](C)(C)C(c1ccccn1)[Si](C)(C)C.C[Si](C)(C)[C]([GeH2][C](c1ccccn1)([Si](C)(C)C)[Si](C)(C)C)(c1ccccn1)[Si](C)(C)C.C[Si](C)(C)[C](c1ccccn1)([Ge](=[Te])[C](c1ccccn1)([Si](C)(C)C)[Si](C)(C)C)[Si](C)(C)C.[CH2-]CCC.[Cl][GeH2][Cl].[Li+].[TeH2]. The molecule has 0 unspecified atom stereocenters. The summed E-state index contributed by atoms with van der Waals surface area (Å²) in [5, 5.41) is 0.756. The second kappa shape index (κ2) is 42.3. The molecule has 5 aromatic heterocycles. The number of ether oxygens (including phenoxy) is 1. The summed E-state index contributed by atoms with van der Waals surface area (Å²) in [6, 6.07) is 33.3. The molecule has 0 saturated heterocycles. The molecule has 0 aliphatic heterocycles. The predicted octanol–water partition coefficient (Wildman–Crippen LogP) is 16.4. The van der Waals surface area contributed by atoms with Crippen LogP contribution < -0.4 is 18.9 Å². The van der Waals surface area contributed by atoms with Gasteiger partial charge in [-0.05, 0) is 31.1 Å². The van der Waals surface area contributed by atoms with Crippen LogP contribution in [0, 0.1) is 6.92 Å². The zero-order valence-electron chi connectivity index (χ0n) is 65.4. The van der Waals surface area contributed by atoms with Crippen molar-refractivity contribution in [2.24, 2.45) is 0 Å². The van der Waals surface area contributed by atoms with E-state index in [2.05, 4.69) is 344 Å². The number of unbranched alkanes of at least 4 members (excludes halogenated alkanes) is 1. The van der Waals surface area contributed by atoms with Gasteiger partial charge in [0.2, 0.25) is 0 Å². The predicted molar refractivity (Wildman–Crippen MR) is 462 cm³/mol. The number of aromatic nitrogens is 5. The molecule has 0 aliphatic rings. The van der Waals surface area contributed by atoms with Crippen molar-refractivity contribution in [1.29, 1.82) is 0 Å². The molecule has 0 spiro atoms. The van der Waals surface area contributed by atoms with Crippen LogP contribution in [-0.2, 0) is 18.7 Å². The first-order valence-electron chi connectivity index (χ1n) is 33.4. The molecule has 24 heteroatoms. The molecule has 0 N–H and O–H groups in total. The van der Waals surface area contributed by atoms with E-state index in [1.54, 1.807) is 0 Å². The molecule has 6 nitrogen and oxygen atoms in total. The molecule has 5 rings (SSSR count).